The second kappa shape index (κ2) is 9.55. The predicted molar refractivity (Wildman–Crippen MR) is 117 cm³/mol. The van der Waals surface area contributed by atoms with Crippen LogP contribution in [0.5, 0.6) is 5.75 Å². The molecule has 0 heterocycles. The minimum absolute atomic E-state index is 0.0188. The molecule has 0 unspecified atom stereocenters. The van der Waals surface area contributed by atoms with Crippen LogP contribution in [0.4, 0.5) is 5.69 Å². The first kappa shape index (κ1) is 20.8. The summed E-state index contributed by atoms with van der Waals surface area (Å²) < 4.78 is 5.08. The molecule has 0 saturated heterocycles. The maximum absolute atomic E-state index is 12.6. The van der Waals surface area contributed by atoms with E-state index in [0.29, 0.717) is 33.1 Å². The number of methoxy groups -OCH3 is 1. The molecule has 5 nitrogen and oxygen atoms in total. The number of anilines is 1. The van der Waals surface area contributed by atoms with Gasteiger partial charge in [0.2, 0.25) is 5.78 Å². The van der Waals surface area contributed by atoms with Crippen LogP contribution in [0.3, 0.4) is 0 Å². The van der Waals surface area contributed by atoms with E-state index < -0.39 is 5.78 Å². The number of nitrogens with one attached hydrogen (secondary N) is 1. The minimum Gasteiger partial charge on any atom is -0.497 e. The highest BCUT2D eigenvalue weighted by Gasteiger charge is 2.13. The average molecular weight is 417 g/mol. The van der Waals surface area contributed by atoms with Gasteiger partial charge < -0.3 is 10.1 Å². The Kier molecular flexibility index (Phi) is 6.63. The molecule has 3 rings (SSSR count). The molecule has 0 atom stereocenters. The van der Waals surface area contributed by atoms with E-state index in [9.17, 15) is 14.9 Å². The molecule has 0 saturated carbocycles. The number of ether oxygens (including phenoxy) is 1. The minimum atomic E-state index is -0.398. The molecule has 0 bridgehead atoms. The summed E-state index contributed by atoms with van der Waals surface area (Å²) in [5, 5.41) is 12.6. The second-order valence-electron chi connectivity index (χ2n) is 6.29. The summed E-state index contributed by atoms with van der Waals surface area (Å²) in [6.07, 6.45) is 1.48. The lowest BCUT2D eigenvalue weighted by atomic mass is 10.0. The molecular formula is C24H17ClN2O3. The monoisotopic (exact) mass is 416 g/mol. The Bertz CT molecular complexity index is 1160. The Morgan fingerprint density at radius 3 is 2.43 bits per heavy atom. The van der Waals surface area contributed by atoms with Crippen molar-refractivity contribution in [3.05, 3.63) is 100 Å². The normalized spacial score (nSPS) is 10.8. The lowest BCUT2D eigenvalue weighted by Crippen LogP contribution is -2.12. The SMILES string of the molecule is COc1ccc(C(=O)/C(C#N)=C/c2cccc(NC(=O)c3ccccc3Cl)c2)cc1. The molecular weight excluding hydrogens is 400 g/mol. The zero-order valence-corrected chi connectivity index (χ0v) is 16.8. The fourth-order valence-corrected chi connectivity index (χ4v) is 2.98. The van der Waals surface area contributed by atoms with Crippen LogP contribution in [0.1, 0.15) is 26.3 Å². The number of allylic oxidation sites excluding steroid dienone is 1. The number of hydrogen-bond acceptors (Lipinski definition) is 4. The average Bonchev–Trinajstić information content (AvgIpc) is 2.77. The van der Waals surface area contributed by atoms with Crippen molar-refractivity contribution in [2.45, 2.75) is 0 Å². The van der Waals surface area contributed by atoms with Crippen LogP contribution in [0.2, 0.25) is 5.02 Å². The van der Waals surface area contributed by atoms with Crippen molar-refractivity contribution in [3.63, 3.8) is 0 Å². The first-order valence-electron chi connectivity index (χ1n) is 8.98. The number of halogens is 1. The fourth-order valence-electron chi connectivity index (χ4n) is 2.76. The number of ketones is 1. The summed E-state index contributed by atoms with van der Waals surface area (Å²) in [4.78, 5) is 25.1. The number of carbonyl (C=O) groups is 2. The number of benzene rings is 3. The van der Waals surface area contributed by atoms with Gasteiger partial charge in [-0.15, -0.1) is 0 Å². The zero-order valence-electron chi connectivity index (χ0n) is 16.1. The van der Waals surface area contributed by atoms with Crippen LogP contribution in [0.15, 0.2) is 78.4 Å². The number of nitrogens with zero attached hydrogens (tertiary/aromatic N) is 1. The molecule has 0 fully saturated rings. The maximum Gasteiger partial charge on any atom is 0.257 e. The Labute approximate surface area is 179 Å². The van der Waals surface area contributed by atoms with Crippen molar-refractivity contribution in [1.82, 2.24) is 0 Å². The van der Waals surface area contributed by atoms with Crippen LogP contribution >= 0.6 is 11.6 Å². The number of amides is 1. The maximum atomic E-state index is 12.6. The van der Waals surface area contributed by atoms with Crippen LogP contribution < -0.4 is 10.1 Å². The number of rotatable bonds is 6. The summed E-state index contributed by atoms with van der Waals surface area (Å²) in [6.45, 7) is 0. The quantitative estimate of drug-likeness (QED) is 0.332. The van der Waals surface area contributed by atoms with E-state index in [1.165, 1.54) is 13.2 Å². The third-order valence-corrected chi connectivity index (χ3v) is 4.62. The molecule has 0 spiro atoms. The molecule has 0 radical (unpaired) electrons. The first-order valence-corrected chi connectivity index (χ1v) is 9.36. The van der Waals surface area contributed by atoms with Gasteiger partial charge in [0.1, 0.15) is 17.4 Å². The van der Waals surface area contributed by atoms with Gasteiger partial charge in [-0.05, 0) is 60.2 Å². The van der Waals surface area contributed by atoms with Gasteiger partial charge in [-0.1, -0.05) is 35.9 Å². The fraction of sp³-hybridized carbons (Fsp3) is 0.0417. The zero-order chi connectivity index (χ0) is 21.5. The number of hydrogen-bond donors (Lipinski definition) is 1. The highest BCUT2D eigenvalue weighted by molar-refractivity contribution is 6.34. The molecule has 3 aromatic rings. The molecule has 148 valence electrons. The summed E-state index contributed by atoms with van der Waals surface area (Å²) >= 11 is 6.06. The van der Waals surface area contributed by atoms with Crippen LogP contribution in [-0.4, -0.2) is 18.8 Å². The summed E-state index contributed by atoms with van der Waals surface area (Å²) in [6, 6.07) is 22.1. The molecule has 1 amide bonds. The lowest BCUT2D eigenvalue weighted by Gasteiger charge is -2.08. The number of carbonyl (C=O) groups excluding carboxylic acids is 2. The first-order chi connectivity index (χ1) is 14.5. The third kappa shape index (κ3) is 4.93. The predicted octanol–water partition coefficient (Wildman–Crippen LogP) is 5.39. The summed E-state index contributed by atoms with van der Waals surface area (Å²) in [7, 11) is 1.54. The van der Waals surface area contributed by atoms with Gasteiger partial charge in [0.25, 0.3) is 5.91 Å². The van der Waals surface area contributed by atoms with E-state index in [0.717, 1.165) is 0 Å². The van der Waals surface area contributed by atoms with Crippen molar-refractivity contribution < 1.29 is 14.3 Å². The number of nitriles is 1. The summed E-state index contributed by atoms with van der Waals surface area (Å²) in [5.41, 5.74) is 1.84. The molecule has 6 heteroatoms. The highest BCUT2D eigenvalue weighted by atomic mass is 35.5. The third-order valence-electron chi connectivity index (χ3n) is 4.29. The van der Waals surface area contributed by atoms with Crippen molar-refractivity contribution in [1.29, 1.82) is 5.26 Å². The molecule has 0 aliphatic heterocycles. The van der Waals surface area contributed by atoms with E-state index in [1.807, 2.05) is 6.07 Å². The molecule has 0 aromatic heterocycles. The van der Waals surface area contributed by atoms with Crippen LogP contribution in [0, 0.1) is 11.3 Å². The van der Waals surface area contributed by atoms with Gasteiger partial charge >= 0.3 is 0 Å². The molecule has 0 aliphatic carbocycles. The summed E-state index contributed by atoms with van der Waals surface area (Å²) in [5.74, 6) is -0.127. The Morgan fingerprint density at radius 1 is 1.03 bits per heavy atom. The second-order valence-corrected chi connectivity index (χ2v) is 6.69. The van der Waals surface area contributed by atoms with E-state index in [2.05, 4.69) is 5.32 Å². The van der Waals surface area contributed by atoms with Gasteiger partial charge in [0.05, 0.1) is 17.7 Å². The Balaban J connectivity index is 1.82. The molecule has 0 aliphatic rings. The molecule has 1 N–H and O–H groups in total. The standard InChI is InChI=1S/C24H17ClN2O3/c1-30-20-11-9-17(10-12-20)23(28)18(15-26)13-16-5-4-6-19(14-16)27-24(29)21-7-2-3-8-22(21)25/h2-14H,1H3,(H,27,29)/b18-13+. The van der Waals surface area contributed by atoms with Crippen molar-refractivity contribution in [2.24, 2.45) is 0 Å². The van der Waals surface area contributed by atoms with Crippen molar-refractivity contribution in [2.75, 3.05) is 12.4 Å². The molecule has 3 aromatic carbocycles. The molecule has 30 heavy (non-hydrogen) atoms. The Hall–Kier alpha value is -3.88. The van der Waals surface area contributed by atoms with E-state index >= 15 is 0 Å². The van der Waals surface area contributed by atoms with E-state index in [-0.39, 0.29) is 11.5 Å². The Morgan fingerprint density at radius 2 is 1.77 bits per heavy atom. The van der Waals surface area contributed by atoms with Crippen LogP contribution in [-0.2, 0) is 0 Å². The van der Waals surface area contributed by atoms with Crippen LogP contribution in [0.25, 0.3) is 6.08 Å². The van der Waals surface area contributed by atoms with Crippen molar-refractivity contribution >= 4 is 35.1 Å². The van der Waals surface area contributed by atoms with Gasteiger partial charge in [-0.2, -0.15) is 5.26 Å². The number of Topliss-reactive ketones (excluding diaryl/α,β-unsaturated/α-hetero) is 1. The van der Waals surface area contributed by atoms with Gasteiger partial charge in [0, 0.05) is 11.3 Å². The topological polar surface area (TPSA) is 79.2 Å². The van der Waals surface area contributed by atoms with Crippen molar-refractivity contribution in [3.8, 4) is 11.8 Å². The van der Waals surface area contributed by atoms with E-state index in [1.54, 1.807) is 72.8 Å². The largest absolute Gasteiger partial charge is 0.497 e. The van der Waals surface area contributed by atoms with Gasteiger partial charge in [-0.25, -0.2) is 0 Å². The van der Waals surface area contributed by atoms with Gasteiger partial charge in [-0.3, -0.25) is 9.59 Å². The lowest BCUT2D eigenvalue weighted by molar-refractivity contribution is 0.102. The van der Waals surface area contributed by atoms with Gasteiger partial charge in [0.15, 0.2) is 0 Å². The smallest absolute Gasteiger partial charge is 0.257 e. The van der Waals surface area contributed by atoms with E-state index in [4.69, 9.17) is 16.3 Å². The highest BCUT2D eigenvalue weighted by Crippen LogP contribution is 2.20.